The molecule has 4 rings (SSSR count). The number of nitrogens with two attached hydrogens (primary N) is 2. The first-order valence-electron chi connectivity index (χ1n) is 12.0. The van der Waals surface area contributed by atoms with Gasteiger partial charge in [-0.1, -0.05) is 19.4 Å². The molecule has 1 spiro atoms. The molecule has 1 aliphatic heterocycles. The second kappa shape index (κ2) is 10.1. The van der Waals surface area contributed by atoms with Gasteiger partial charge in [0.05, 0.1) is 56.1 Å². The van der Waals surface area contributed by atoms with Crippen LogP contribution in [0.25, 0.3) is 0 Å². The van der Waals surface area contributed by atoms with E-state index in [-0.39, 0.29) is 30.1 Å². The zero-order valence-electron chi connectivity index (χ0n) is 19.7. The van der Waals surface area contributed by atoms with Crippen molar-refractivity contribution in [2.45, 2.75) is 63.4 Å². The van der Waals surface area contributed by atoms with Gasteiger partial charge in [-0.3, -0.25) is 16.3 Å². The maximum Gasteiger partial charge on any atom is 0.233 e. The van der Waals surface area contributed by atoms with E-state index < -0.39 is 12.2 Å². The number of nitrogens with zero attached hydrogens (tertiary/aromatic N) is 2. The van der Waals surface area contributed by atoms with Crippen LogP contribution in [0, 0.1) is 22.7 Å². The molecule has 0 aromatic heterocycles. The minimum absolute atomic E-state index is 0.0845. The molecular formula is C25H36N4O4. The van der Waals surface area contributed by atoms with Gasteiger partial charge >= 0.3 is 0 Å². The van der Waals surface area contributed by atoms with Gasteiger partial charge in [-0.15, -0.1) is 0 Å². The zero-order valence-corrected chi connectivity index (χ0v) is 19.7. The average molecular weight is 457 g/mol. The second-order valence-electron chi connectivity index (χ2n) is 9.73. The summed E-state index contributed by atoms with van der Waals surface area (Å²) < 4.78 is 17.1. The SMILES string of the molecule is CCC1CC2(CCC1OC)Cc1ccc(C#N)cc1C2C(=O)N(CC1COCCO1)C(N)N. The molecule has 1 saturated carbocycles. The number of nitriles is 1. The topological polar surface area (TPSA) is 124 Å². The third kappa shape index (κ3) is 4.66. The quantitative estimate of drug-likeness (QED) is 0.626. The van der Waals surface area contributed by atoms with E-state index in [1.54, 1.807) is 12.0 Å². The Morgan fingerprint density at radius 3 is 2.85 bits per heavy atom. The van der Waals surface area contributed by atoms with E-state index in [1.807, 2.05) is 18.2 Å². The van der Waals surface area contributed by atoms with E-state index in [2.05, 4.69) is 13.0 Å². The Labute approximate surface area is 196 Å². The van der Waals surface area contributed by atoms with E-state index in [0.29, 0.717) is 31.3 Å². The summed E-state index contributed by atoms with van der Waals surface area (Å²) in [5.74, 6) is -0.107. The number of carbonyl (C=O) groups excluding carboxylic acids is 1. The number of carbonyl (C=O) groups is 1. The van der Waals surface area contributed by atoms with Crippen molar-refractivity contribution in [3.8, 4) is 6.07 Å². The monoisotopic (exact) mass is 456 g/mol. The normalized spacial score (nSPS) is 31.4. The number of benzene rings is 1. The molecule has 180 valence electrons. The summed E-state index contributed by atoms with van der Waals surface area (Å²) in [5.41, 5.74) is 14.7. The molecule has 1 amide bonds. The zero-order chi connectivity index (χ0) is 23.6. The Bertz CT molecular complexity index is 895. The van der Waals surface area contributed by atoms with Gasteiger partial charge in [-0.2, -0.15) is 5.26 Å². The summed E-state index contributed by atoms with van der Waals surface area (Å²) in [6.45, 7) is 3.92. The highest BCUT2D eigenvalue weighted by molar-refractivity contribution is 5.87. The summed E-state index contributed by atoms with van der Waals surface area (Å²) >= 11 is 0. The minimum atomic E-state index is -0.944. The third-order valence-corrected chi connectivity index (χ3v) is 7.86. The van der Waals surface area contributed by atoms with Crippen molar-refractivity contribution in [1.82, 2.24) is 4.90 Å². The molecule has 1 heterocycles. The van der Waals surface area contributed by atoms with Crippen molar-refractivity contribution >= 4 is 5.91 Å². The van der Waals surface area contributed by atoms with Crippen LogP contribution in [-0.4, -0.2) is 62.8 Å². The number of fused-ring (bicyclic) bond motifs is 1. The van der Waals surface area contributed by atoms with Crippen LogP contribution in [0.1, 0.15) is 55.2 Å². The van der Waals surface area contributed by atoms with Crippen LogP contribution in [0.5, 0.6) is 0 Å². The van der Waals surface area contributed by atoms with Gasteiger partial charge in [-0.25, -0.2) is 0 Å². The first-order valence-corrected chi connectivity index (χ1v) is 12.0. The van der Waals surface area contributed by atoms with Crippen molar-refractivity contribution < 1.29 is 19.0 Å². The third-order valence-electron chi connectivity index (χ3n) is 7.86. The van der Waals surface area contributed by atoms with Gasteiger partial charge in [0.15, 0.2) is 0 Å². The molecule has 33 heavy (non-hydrogen) atoms. The number of amides is 1. The first kappa shape index (κ1) is 24.1. The number of rotatable bonds is 6. The van der Waals surface area contributed by atoms with Crippen LogP contribution < -0.4 is 11.5 Å². The van der Waals surface area contributed by atoms with E-state index in [4.69, 9.17) is 25.7 Å². The summed E-state index contributed by atoms with van der Waals surface area (Å²) in [4.78, 5) is 15.7. The number of methoxy groups -OCH3 is 1. The number of hydrogen-bond donors (Lipinski definition) is 2. The van der Waals surface area contributed by atoms with Gasteiger partial charge in [0.25, 0.3) is 0 Å². The Hall–Kier alpha value is -2.02. The van der Waals surface area contributed by atoms with Gasteiger partial charge in [-0.05, 0) is 60.3 Å². The second-order valence-corrected chi connectivity index (χ2v) is 9.73. The highest BCUT2D eigenvalue weighted by Crippen LogP contribution is 2.58. The molecular weight excluding hydrogens is 420 g/mol. The summed E-state index contributed by atoms with van der Waals surface area (Å²) in [7, 11) is 1.78. The fourth-order valence-electron chi connectivity index (χ4n) is 6.25. The van der Waals surface area contributed by atoms with Crippen LogP contribution >= 0.6 is 0 Å². The Balaban J connectivity index is 1.71. The molecule has 1 saturated heterocycles. The summed E-state index contributed by atoms with van der Waals surface area (Å²) in [5, 5.41) is 9.52. The molecule has 0 radical (unpaired) electrons. The molecule has 5 unspecified atom stereocenters. The van der Waals surface area contributed by atoms with Crippen molar-refractivity contribution in [2.75, 3.05) is 33.5 Å². The predicted molar refractivity (Wildman–Crippen MR) is 123 cm³/mol. The van der Waals surface area contributed by atoms with Crippen molar-refractivity contribution in [2.24, 2.45) is 22.8 Å². The highest BCUT2D eigenvalue weighted by Gasteiger charge is 2.54. The summed E-state index contributed by atoms with van der Waals surface area (Å²) in [6.07, 6.45) is 3.49. The van der Waals surface area contributed by atoms with Gasteiger partial charge < -0.3 is 19.1 Å². The lowest BCUT2D eigenvalue weighted by molar-refractivity contribution is -0.147. The maximum atomic E-state index is 14.2. The van der Waals surface area contributed by atoms with Crippen molar-refractivity contribution in [1.29, 1.82) is 5.26 Å². The fraction of sp³-hybridized carbons (Fsp3) is 0.680. The molecule has 2 fully saturated rings. The Morgan fingerprint density at radius 1 is 1.39 bits per heavy atom. The van der Waals surface area contributed by atoms with Gasteiger partial charge in [0.2, 0.25) is 5.91 Å². The van der Waals surface area contributed by atoms with Gasteiger partial charge in [0.1, 0.15) is 6.29 Å². The van der Waals surface area contributed by atoms with E-state index in [9.17, 15) is 10.1 Å². The van der Waals surface area contributed by atoms with Crippen LogP contribution in [0.3, 0.4) is 0 Å². The van der Waals surface area contributed by atoms with E-state index in [1.165, 1.54) is 0 Å². The average Bonchev–Trinajstić information content (AvgIpc) is 3.14. The predicted octanol–water partition coefficient (Wildman–Crippen LogP) is 1.85. The largest absolute Gasteiger partial charge is 0.381 e. The first-order chi connectivity index (χ1) is 15.9. The molecule has 8 nitrogen and oxygen atoms in total. The number of hydrogen-bond acceptors (Lipinski definition) is 7. The molecule has 4 N–H and O–H groups in total. The lowest BCUT2D eigenvalue weighted by Crippen LogP contribution is -2.58. The van der Waals surface area contributed by atoms with E-state index in [0.717, 1.165) is 43.2 Å². The summed E-state index contributed by atoms with van der Waals surface area (Å²) in [6, 6.07) is 7.97. The lowest BCUT2D eigenvalue weighted by Gasteiger charge is -2.46. The fourth-order valence-corrected chi connectivity index (χ4v) is 6.25. The molecule has 1 aromatic rings. The van der Waals surface area contributed by atoms with Crippen LogP contribution in [0.2, 0.25) is 0 Å². The molecule has 2 aliphatic carbocycles. The Kier molecular flexibility index (Phi) is 7.37. The highest BCUT2D eigenvalue weighted by atomic mass is 16.6. The number of ether oxygens (including phenoxy) is 3. The van der Waals surface area contributed by atoms with Crippen molar-refractivity contribution in [3.05, 3.63) is 34.9 Å². The minimum Gasteiger partial charge on any atom is -0.381 e. The van der Waals surface area contributed by atoms with Crippen molar-refractivity contribution in [3.63, 3.8) is 0 Å². The Morgan fingerprint density at radius 2 is 2.21 bits per heavy atom. The molecule has 5 atom stereocenters. The maximum absolute atomic E-state index is 14.2. The molecule has 0 bridgehead atoms. The van der Waals surface area contributed by atoms with Crippen LogP contribution in [0.4, 0.5) is 0 Å². The lowest BCUT2D eigenvalue weighted by atomic mass is 9.61. The van der Waals surface area contributed by atoms with Crippen LogP contribution in [0.15, 0.2) is 18.2 Å². The molecule has 3 aliphatic rings. The van der Waals surface area contributed by atoms with E-state index >= 15 is 0 Å². The van der Waals surface area contributed by atoms with Crippen LogP contribution in [-0.2, 0) is 25.4 Å². The van der Waals surface area contributed by atoms with Gasteiger partial charge in [0, 0.05) is 7.11 Å². The standard InChI is InChI=1S/C25H36N4O4/c1-3-17-11-25(7-6-21(17)31-2)12-18-5-4-16(13-26)10-20(18)22(25)23(30)29(24(27)28)14-19-15-32-8-9-33-19/h4-5,10,17,19,21-22,24H,3,6-9,11-12,14-15,27-28H2,1-2H3. The molecule has 8 heteroatoms. The smallest absolute Gasteiger partial charge is 0.233 e. The molecule has 1 aromatic carbocycles.